The van der Waals surface area contributed by atoms with Gasteiger partial charge in [-0.25, -0.2) is 9.37 Å². The quantitative estimate of drug-likeness (QED) is 0.532. The topological polar surface area (TPSA) is 54.9 Å². The largest absolute Gasteiger partial charge is 0.324 e. The molecule has 5 heteroatoms. The molecule has 3 unspecified atom stereocenters. The van der Waals surface area contributed by atoms with E-state index in [9.17, 15) is 9.18 Å². The number of hydrogen-bond acceptors (Lipinski definition) is 3. The number of anilines is 1. The van der Waals surface area contributed by atoms with Gasteiger partial charge >= 0.3 is 0 Å². The molecule has 4 nitrogen and oxygen atoms in total. The molecule has 1 aromatic carbocycles. The van der Waals surface area contributed by atoms with Crippen LogP contribution >= 0.6 is 0 Å². The Hall–Kier alpha value is -3.26. The van der Waals surface area contributed by atoms with Crippen molar-refractivity contribution in [1.82, 2.24) is 9.97 Å². The van der Waals surface area contributed by atoms with Gasteiger partial charge in [0.2, 0.25) is 5.91 Å². The van der Waals surface area contributed by atoms with Crippen LogP contribution in [0, 0.1) is 41.3 Å². The van der Waals surface area contributed by atoms with Crippen molar-refractivity contribution >= 4 is 22.5 Å². The van der Waals surface area contributed by atoms with Gasteiger partial charge in [-0.2, -0.15) is 0 Å². The zero-order chi connectivity index (χ0) is 22.6. The second-order valence-electron chi connectivity index (χ2n) is 10.1. The van der Waals surface area contributed by atoms with Gasteiger partial charge < -0.3 is 5.32 Å². The molecule has 3 aliphatic rings. The van der Waals surface area contributed by atoms with Crippen molar-refractivity contribution in [2.45, 2.75) is 44.4 Å². The van der Waals surface area contributed by atoms with Gasteiger partial charge in [0.05, 0.1) is 22.8 Å². The molecule has 3 aliphatic carbocycles. The predicted octanol–water partition coefficient (Wildman–Crippen LogP) is 5.69. The number of nitrogens with zero attached hydrogens (tertiary/aromatic N) is 2. The number of carbonyl (C=O) groups excluding carboxylic acids is 1. The van der Waals surface area contributed by atoms with Crippen molar-refractivity contribution in [3.63, 3.8) is 0 Å². The highest BCUT2D eigenvalue weighted by atomic mass is 19.1. The first-order chi connectivity index (χ1) is 16.1. The number of hydrogen-bond donors (Lipinski definition) is 1. The smallest absolute Gasteiger partial charge is 0.230 e. The average Bonchev–Trinajstić information content (AvgIpc) is 3.40. The van der Waals surface area contributed by atoms with Crippen LogP contribution in [0.2, 0.25) is 0 Å². The number of fused-ring (bicyclic) bond motifs is 2. The van der Waals surface area contributed by atoms with E-state index in [1.807, 2.05) is 12.3 Å². The molecule has 6 rings (SSSR count). The maximum atomic E-state index is 13.9. The summed E-state index contributed by atoms with van der Waals surface area (Å²) in [4.78, 5) is 21.8. The van der Waals surface area contributed by atoms with Gasteiger partial charge in [0.25, 0.3) is 0 Å². The SMILES string of the molecule is C#Cc1ccc(NC(=O)C2(C3CC4CC(c5ccnc6ccc(F)cc56)C[C@@H]4C3)CC2)cn1. The summed E-state index contributed by atoms with van der Waals surface area (Å²) >= 11 is 0. The molecule has 0 bridgehead atoms. The number of terminal acetylenes is 1. The first kappa shape index (κ1) is 20.4. The van der Waals surface area contributed by atoms with Gasteiger partial charge in [-0.15, -0.1) is 6.42 Å². The van der Waals surface area contributed by atoms with E-state index in [4.69, 9.17) is 6.42 Å². The zero-order valence-electron chi connectivity index (χ0n) is 18.4. The van der Waals surface area contributed by atoms with Crippen molar-refractivity contribution in [2.24, 2.45) is 23.2 Å². The molecular formula is C28H26FN3O. The van der Waals surface area contributed by atoms with Gasteiger partial charge in [-0.3, -0.25) is 9.78 Å². The number of aromatic nitrogens is 2. The lowest BCUT2D eigenvalue weighted by molar-refractivity contribution is -0.123. The molecule has 33 heavy (non-hydrogen) atoms. The first-order valence-corrected chi connectivity index (χ1v) is 11.8. The van der Waals surface area contributed by atoms with Gasteiger partial charge in [0, 0.05) is 11.6 Å². The molecule has 0 aliphatic heterocycles. The number of halogens is 1. The van der Waals surface area contributed by atoms with Crippen molar-refractivity contribution < 1.29 is 9.18 Å². The summed E-state index contributed by atoms with van der Waals surface area (Å²) in [6, 6.07) is 10.5. The predicted molar refractivity (Wildman–Crippen MR) is 126 cm³/mol. The highest BCUT2D eigenvalue weighted by molar-refractivity contribution is 5.97. The van der Waals surface area contributed by atoms with Gasteiger partial charge in [-0.05, 0) is 104 Å². The van der Waals surface area contributed by atoms with Crippen LogP contribution in [0.15, 0.2) is 48.8 Å². The first-order valence-electron chi connectivity index (χ1n) is 11.8. The van der Waals surface area contributed by atoms with Crippen LogP contribution in [-0.4, -0.2) is 15.9 Å². The van der Waals surface area contributed by atoms with E-state index in [0.717, 1.165) is 49.4 Å². The molecule has 2 heterocycles. The second-order valence-corrected chi connectivity index (χ2v) is 10.1. The lowest BCUT2D eigenvalue weighted by Crippen LogP contribution is -2.30. The van der Waals surface area contributed by atoms with E-state index in [1.165, 1.54) is 11.6 Å². The fraction of sp³-hybridized carbons (Fsp3) is 0.393. The summed E-state index contributed by atoms with van der Waals surface area (Å²) in [5.74, 6) is 4.59. The minimum atomic E-state index is -0.225. The molecule has 2 aromatic heterocycles. The van der Waals surface area contributed by atoms with Crippen molar-refractivity contribution in [2.75, 3.05) is 5.32 Å². The summed E-state index contributed by atoms with van der Waals surface area (Å²) < 4.78 is 13.9. The van der Waals surface area contributed by atoms with Crippen LogP contribution in [0.4, 0.5) is 10.1 Å². The maximum absolute atomic E-state index is 13.9. The van der Waals surface area contributed by atoms with Crippen LogP contribution in [0.3, 0.4) is 0 Å². The number of carbonyl (C=O) groups is 1. The fourth-order valence-electron chi connectivity index (χ4n) is 6.58. The molecule has 0 spiro atoms. The van der Waals surface area contributed by atoms with Crippen molar-refractivity contribution in [3.05, 3.63) is 65.9 Å². The van der Waals surface area contributed by atoms with Crippen LogP contribution in [-0.2, 0) is 4.79 Å². The molecule has 1 N–H and O–H groups in total. The highest BCUT2D eigenvalue weighted by Gasteiger charge is 2.59. The normalized spacial score (nSPS) is 27.2. The third-order valence-electron chi connectivity index (χ3n) is 8.38. The Kier molecular flexibility index (Phi) is 4.72. The van der Waals surface area contributed by atoms with Gasteiger partial charge in [0.15, 0.2) is 0 Å². The molecule has 0 radical (unpaired) electrons. The van der Waals surface area contributed by atoms with Crippen LogP contribution in [0.25, 0.3) is 10.9 Å². The Labute approximate surface area is 193 Å². The second kappa shape index (κ2) is 7.66. The maximum Gasteiger partial charge on any atom is 0.230 e. The zero-order valence-corrected chi connectivity index (χ0v) is 18.4. The molecule has 0 saturated heterocycles. The van der Waals surface area contributed by atoms with E-state index in [1.54, 1.807) is 24.4 Å². The Bertz CT molecular complexity index is 1260. The standard InChI is InChI=1S/C28H26FN3O/c1-2-22-4-5-23(16-31-22)32-27(33)28(8-9-28)20-13-17-11-19(12-18(17)14-20)24-7-10-30-26-6-3-21(29)15-25(24)26/h1,3-7,10,15-20H,8-9,11-14H2,(H,32,33)/t17-,18?,19?,20?/m1/s1. The number of pyridine rings is 2. The Balaban J connectivity index is 1.15. The Morgan fingerprint density at radius 1 is 1.06 bits per heavy atom. The number of nitrogens with one attached hydrogen (secondary N) is 1. The molecule has 4 atom stereocenters. The van der Waals surface area contributed by atoms with Crippen molar-refractivity contribution in [3.8, 4) is 12.3 Å². The molecular weight excluding hydrogens is 413 g/mol. The summed E-state index contributed by atoms with van der Waals surface area (Å²) in [6.07, 6.45) is 15.2. The lowest BCUT2D eigenvalue weighted by atomic mass is 9.82. The summed E-state index contributed by atoms with van der Waals surface area (Å²) in [5.41, 5.74) is 3.14. The molecule has 1 amide bonds. The Morgan fingerprint density at radius 3 is 2.52 bits per heavy atom. The van der Waals surface area contributed by atoms with E-state index in [2.05, 4.69) is 27.3 Å². The van der Waals surface area contributed by atoms with Crippen LogP contribution in [0.1, 0.15) is 55.7 Å². The number of amides is 1. The fourth-order valence-corrected chi connectivity index (χ4v) is 6.58. The van der Waals surface area contributed by atoms with E-state index in [0.29, 0.717) is 35.1 Å². The molecule has 3 aromatic rings. The lowest BCUT2D eigenvalue weighted by Gasteiger charge is -2.24. The minimum Gasteiger partial charge on any atom is -0.324 e. The minimum absolute atomic E-state index is 0.134. The third kappa shape index (κ3) is 3.49. The van der Waals surface area contributed by atoms with E-state index < -0.39 is 0 Å². The monoisotopic (exact) mass is 439 g/mol. The summed E-state index contributed by atoms with van der Waals surface area (Å²) in [6.45, 7) is 0. The number of benzene rings is 1. The number of rotatable bonds is 4. The van der Waals surface area contributed by atoms with Gasteiger partial charge in [0.1, 0.15) is 11.5 Å². The van der Waals surface area contributed by atoms with E-state index in [-0.39, 0.29) is 17.1 Å². The molecule has 3 fully saturated rings. The summed E-state index contributed by atoms with van der Waals surface area (Å²) in [7, 11) is 0. The van der Waals surface area contributed by atoms with Crippen molar-refractivity contribution in [1.29, 1.82) is 0 Å². The highest BCUT2D eigenvalue weighted by Crippen LogP contribution is 2.63. The molecule has 166 valence electrons. The Morgan fingerprint density at radius 2 is 1.85 bits per heavy atom. The average molecular weight is 440 g/mol. The molecule has 3 saturated carbocycles. The van der Waals surface area contributed by atoms with Crippen LogP contribution < -0.4 is 5.32 Å². The third-order valence-corrected chi connectivity index (χ3v) is 8.38. The van der Waals surface area contributed by atoms with Crippen LogP contribution in [0.5, 0.6) is 0 Å². The van der Waals surface area contributed by atoms with Gasteiger partial charge in [-0.1, -0.05) is 5.92 Å². The van der Waals surface area contributed by atoms with E-state index >= 15 is 0 Å². The summed E-state index contributed by atoms with van der Waals surface area (Å²) in [5, 5.41) is 4.03.